The number of rotatable bonds is 3. The van der Waals surface area contributed by atoms with Crippen molar-refractivity contribution in [3.63, 3.8) is 0 Å². The van der Waals surface area contributed by atoms with E-state index >= 15 is 0 Å². The molecule has 8 heteroatoms. The van der Waals surface area contributed by atoms with Gasteiger partial charge in [-0.3, -0.25) is 14.9 Å². The molecule has 0 spiro atoms. The summed E-state index contributed by atoms with van der Waals surface area (Å²) in [6.07, 6.45) is 0. The quantitative estimate of drug-likeness (QED) is 0.388. The van der Waals surface area contributed by atoms with Crippen LogP contribution in [0.2, 0.25) is 0 Å². The molecule has 0 atom stereocenters. The van der Waals surface area contributed by atoms with Gasteiger partial charge in [0.25, 0.3) is 11.6 Å². The van der Waals surface area contributed by atoms with Crippen molar-refractivity contribution in [1.29, 1.82) is 0 Å². The van der Waals surface area contributed by atoms with Crippen molar-refractivity contribution in [3.8, 4) is 17.2 Å². The molecule has 0 aromatic heterocycles. The molecule has 0 bridgehead atoms. The summed E-state index contributed by atoms with van der Waals surface area (Å²) >= 11 is 0. The van der Waals surface area contributed by atoms with Crippen LogP contribution >= 0.6 is 0 Å². The number of phenols is 3. The van der Waals surface area contributed by atoms with Crippen LogP contribution in [0.5, 0.6) is 17.2 Å². The van der Waals surface area contributed by atoms with Crippen LogP contribution in [0.15, 0.2) is 36.4 Å². The number of phenolic OH excluding ortho intramolecular Hbond substituents is 3. The number of benzene rings is 2. The first-order valence-corrected chi connectivity index (χ1v) is 5.69. The second kappa shape index (κ2) is 5.37. The number of carbonyl (C=O) groups excluding carboxylic acids is 1. The van der Waals surface area contributed by atoms with Gasteiger partial charge in [-0.1, -0.05) is 0 Å². The fraction of sp³-hybridized carbons (Fsp3) is 0. The average Bonchev–Trinajstić information content (AvgIpc) is 2.40. The lowest BCUT2D eigenvalue weighted by atomic mass is 10.1. The fourth-order valence-corrected chi connectivity index (χ4v) is 1.64. The van der Waals surface area contributed by atoms with Gasteiger partial charge in [0.2, 0.25) is 0 Å². The van der Waals surface area contributed by atoms with Gasteiger partial charge in [-0.15, -0.1) is 0 Å². The van der Waals surface area contributed by atoms with Crippen LogP contribution < -0.4 is 5.32 Å². The molecule has 8 nitrogen and oxygen atoms in total. The number of non-ortho nitro benzene ring substituents is 1. The smallest absolute Gasteiger partial charge is 0.271 e. The van der Waals surface area contributed by atoms with Gasteiger partial charge in [0, 0.05) is 18.2 Å². The van der Waals surface area contributed by atoms with Crippen LogP contribution in [0.3, 0.4) is 0 Å². The molecule has 0 heterocycles. The maximum absolute atomic E-state index is 11.9. The van der Waals surface area contributed by atoms with E-state index in [1.807, 2.05) is 0 Å². The molecule has 2 aromatic rings. The second-order valence-electron chi connectivity index (χ2n) is 4.11. The number of nitrogens with one attached hydrogen (secondary N) is 1. The standard InChI is InChI=1S/C13H10N2O6/c16-8-2-3-9(12(18)6-8)13(19)14-10-5-7(15(20)21)1-4-11(10)17/h1-6,16-18H,(H,14,19). The van der Waals surface area contributed by atoms with Gasteiger partial charge in [-0.2, -0.15) is 0 Å². The maximum Gasteiger partial charge on any atom is 0.271 e. The SMILES string of the molecule is O=C(Nc1cc([N+](=O)[O-])ccc1O)c1ccc(O)cc1O. The number of anilines is 1. The first kappa shape index (κ1) is 14.1. The van der Waals surface area contributed by atoms with E-state index in [1.165, 1.54) is 12.1 Å². The minimum atomic E-state index is -0.789. The molecule has 4 N–H and O–H groups in total. The number of hydrogen-bond acceptors (Lipinski definition) is 6. The van der Waals surface area contributed by atoms with E-state index in [4.69, 9.17) is 5.11 Å². The van der Waals surface area contributed by atoms with Gasteiger partial charge in [-0.25, -0.2) is 0 Å². The van der Waals surface area contributed by atoms with Gasteiger partial charge >= 0.3 is 0 Å². The zero-order valence-electron chi connectivity index (χ0n) is 10.5. The second-order valence-corrected chi connectivity index (χ2v) is 4.11. The molecular weight excluding hydrogens is 280 g/mol. The third kappa shape index (κ3) is 3.00. The molecular formula is C13H10N2O6. The molecule has 2 aromatic carbocycles. The predicted octanol–water partition coefficient (Wildman–Crippen LogP) is 1.96. The Morgan fingerprint density at radius 3 is 2.38 bits per heavy atom. The van der Waals surface area contributed by atoms with E-state index < -0.39 is 16.6 Å². The Hall–Kier alpha value is -3.29. The molecule has 0 aliphatic rings. The molecule has 0 aliphatic heterocycles. The molecule has 108 valence electrons. The van der Waals surface area contributed by atoms with Crippen molar-refractivity contribution < 1.29 is 25.0 Å². The lowest BCUT2D eigenvalue weighted by molar-refractivity contribution is -0.384. The zero-order chi connectivity index (χ0) is 15.6. The molecule has 0 saturated carbocycles. The molecule has 0 fully saturated rings. The minimum Gasteiger partial charge on any atom is -0.508 e. The van der Waals surface area contributed by atoms with E-state index in [0.717, 1.165) is 24.3 Å². The van der Waals surface area contributed by atoms with E-state index in [9.17, 15) is 25.1 Å². The molecule has 1 amide bonds. The van der Waals surface area contributed by atoms with Gasteiger partial charge in [0.1, 0.15) is 17.2 Å². The highest BCUT2D eigenvalue weighted by Gasteiger charge is 2.16. The molecule has 0 aliphatic carbocycles. The molecule has 21 heavy (non-hydrogen) atoms. The monoisotopic (exact) mass is 290 g/mol. The summed E-state index contributed by atoms with van der Waals surface area (Å²) in [6.45, 7) is 0. The third-order valence-corrected chi connectivity index (χ3v) is 2.67. The Morgan fingerprint density at radius 1 is 1.05 bits per heavy atom. The Morgan fingerprint density at radius 2 is 1.76 bits per heavy atom. The van der Waals surface area contributed by atoms with Crippen molar-refractivity contribution >= 4 is 17.3 Å². The predicted molar refractivity (Wildman–Crippen MR) is 72.5 cm³/mol. The van der Waals surface area contributed by atoms with Crippen LogP contribution in [0.1, 0.15) is 10.4 Å². The third-order valence-electron chi connectivity index (χ3n) is 2.67. The van der Waals surface area contributed by atoms with E-state index in [0.29, 0.717) is 0 Å². The summed E-state index contributed by atoms with van der Waals surface area (Å²) in [5, 5.41) is 41.2. The Bertz CT molecular complexity index is 729. The number of nitro benzene ring substituents is 1. The Kier molecular flexibility index (Phi) is 3.61. The van der Waals surface area contributed by atoms with Gasteiger partial charge in [0.05, 0.1) is 16.2 Å². The summed E-state index contributed by atoms with van der Waals surface area (Å²) in [7, 11) is 0. The highest BCUT2D eigenvalue weighted by atomic mass is 16.6. The topological polar surface area (TPSA) is 133 Å². The molecule has 0 unspecified atom stereocenters. The van der Waals surface area contributed by atoms with Crippen molar-refractivity contribution in [1.82, 2.24) is 0 Å². The molecule has 0 saturated heterocycles. The van der Waals surface area contributed by atoms with Crippen molar-refractivity contribution in [2.45, 2.75) is 0 Å². The highest BCUT2D eigenvalue weighted by Crippen LogP contribution is 2.29. The number of carbonyl (C=O) groups is 1. The summed E-state index contributed by atoms with van der Waals surface area (Å²) in [4.78, 5) is 21.9. The Balaban J connectivity index is 2.31. The number of hydrogen-bond donors (Lipinski definition) is 4. The van der Waals surface area contributed by atoms with Gasteiger partial charge < -0.3 is 20.6 Å². The van der Waals surface area contributed by atoms with Crippen LogP contribution in [0.25, 0.3) is 0 Å². The first-order valence-electron chi connectivity index (χ1n) is 5.69. The van der Waals surface area contributed by atoms with Crippen LogP contribution in [0.4, 0.5) is 11.4 Å². The largest absolute Gasteiger partial charge is 0.508 e. The van der Waals surface area contributed by atoms with Gasteiger partial charge in [0.15, 0.2) is 0 Å². The van der Waals surface area contributed by atoms with E-state index in [1.54, 1.807) is 0 Å². The normalized spacial score (nSPS) is 10.1. The molecule has 2 rings (SSSR count). The lowest BCUT2D eigenvalue weighted by Crippen LogP contribution is -2.12. The first-order chi connectivity index (χ1) is 9.88. The lowest BCUT2D eigenvalue weighted by Gasteiger charge is -2.08. The van der Waals surface area contributed by atoms with Gasteiger partial charge in [-0.05, 0) is 18.2 Å². The van der Waals surface area contributed by atoms with Crippen molar-refractivity contribution in [3.05, 3.63) is 52.1 Å². The van der Waals surface area contributed by atoms with E-state index in [-0.39, 0.29) is 28.4 Å². The Labute approximate surface area is 118 Å². The summed E-state index contributed by atoms with van der Waals surface area (Å²) in [5.41, 5.74) is -0.626. The summed E-state index contributed by atoms with van der Waals surface area (Å²) in [5.74, 6) is -1.82. The molecule has 0 radical (unpaired) electrons. The number of nitrogens with zero attached hydrogens (tertiary/aromatic N) is 1. The number of nitro groups is 1. The minimum absolute atomic E-state index is 0.154. The number of amides is 1. The summed E-state index contributed by atoms with van der Waals surface area (Å²) in [6, 6.07) is 6.50. The highest BCUT2D eigenvalue weighted by molar-refractivity contribution is 6.07. The number of aromatic hydroxyl groups is 3. The average molecular weight is 290 g/mol. The van der Waals surface area contributed by atoms with Crippen LogP contribution in [0, 0.1) is 10.1 Å². The van der Waals surface area contributed by atoms with E-state index in [2.05, 4.69) is 5.32 Å². The van der Waals surface area contributed by atoms with Crippen LogP contribution in [-0.2, 0) is 0 Å². The van der Waals surface area contributed by atoms with Crippen molar-refractivity contribution in [2.24, 2.45) is 0 Å². The van der Waals surface area contributed by atoms with Crippen LogP contribution in [-0.4, -0.2) is 26.2 Å². The fourth-order valence-electron chi connectivity index (χ4n) is 1.64. The summed E-state index contributed by atoms with van der Waals surface area (Å²) < 4.78 is 0. The zero-order valence-corrected chi connectivity index (χ0v) is 10.5. The van der Waals surface area contributed by atoms with Crippen molar-refractivity contribution in [2.75, 3.05) is 5.32 Å². The maximum atomic E-state index is 11.9.